The van der Waals surface area contributed by atoms with Crippen LogP contribution in [0.4, 0.5) is 5.82 Å². The lowest BCUT2D eigenvalue weighted by Crippen LogP contribution is -2.10. The molecule has 2 heterocycles. The molecule has 0 amide bonds. The zero-order valence-corrected chi connectivity index (χ0v) is 13.0. The van der Waals surface area contributed by atoms with E-state index in [0.29, 0.717) is 0 Å². The van der Waals surface area contributed by atoms with Gasteiger partial charge in [-0.15, -0.1) is 11.3 Å². The van der Waals surface area contributed by atoms with Gasteiger partial charge in [0.1, 0.15) is 17.0 Å². The second kappa shape index (κ2) is 6.20. The van der Waals surface area contributed by atoms with Gasteiger partial charge in [-0.25, -0.2) is 9.97 Å². The highest BCUT2D eigenvalue weighted by atomic mass is 32.1. The predicted octanol–water partition coefficient (Wildman–Crippen LogP) is 3.37. The summed E-state index contributed by atoms with van der Waals surface area (Å²) in [4.78, 5) is 11.8. The van der Waals surface area contributed by atoms with E-state index in [9.17, 15) is 0 Å². The highest BCUT2D eigenvalue weighted by molar-refractivity contribution is 7.16. The molecule has 1 aromatic carbocycles. The maximum absolute atomic E-state index is 4.33. The molecule has 108 valence electrons. The lowest BCUT2D eigenvalue weighted by Gasteiger charge is -2.11. The molecule has 2 aromatic heterocycles. The Kier molecular flexibility index (Phi) is 4.13. The SMILES string of the molecule is CN(C)Cc1ccc(CNc2ncnc3sccc23)cc1. The Balaban J connectivity index is 1.68. The largest absolute Gasteiger partial charge is 0.365 e. The number of benzene rings is 1. The topological polar surface area (TPSA) is 41.0 Å². The van der Waals surface area contributed by atoms with Gasteiger partial charge >= 0.3 is 0 Å². The third-order valence-corrected chi connectivity index (χ3v) is 4.06. The number of hydrogen-bond acceptors (Lipinski definition) is 5. The van der Waals surface area contributed by atoms with Crippen LogP contribution in [0.2, 0.25) is 0 Å². The summed E-state index contributed by atoms with van der Waals surface area (Å²) in [6.07, 6.45) is 1.61. The highest BCUT2D eigenvalue weighted by Crippen LogP contribution is 2.24. The quantitative estimate of drug-likeness (QED) is 0.784. The molecule has 0 aliphatic heterocycles. The lowest BCUT2D eigenvalue weighted by atomic mass is 10.1. The van der Waals surface area contributed by atoms with Gasteiger partial charge in [0, 0.05) is 13.1 Å². The molecule has 5 heteroatoms. The van der Waals surface area contributed by atoms with Crippen LogP contribution in [0, 0.1) is 0 Å². The monoisotopic (exact) mass is 298 g/mol. The lowest BCUT2D eigenvalue weighted by molar-refractivity contribution is 0.402. The van der Waals surface area contributed by atoms with E-state index in [-0.39, 0.29) is 0 Å². The highest BCUT2D eigenvalue weighted by Gasteiger charge is 2.04. The summed E-state index contributed by atoms with van der Waals surface area (Å²) < 4.78 is 0. The fourth-order valence-corrected chi connectivity index (χ4v) is 2.98. The average molecular weight is 298 g/mol. The molecule has 1 N–H and O–H groups in total. The van der Waals surface area contributed by atoms with Crippen molar-refractivity contribution in [1.82, 2.24) is 14.9 Å². The first-order valence-corrected chi connectivity index (χ1v) is 7.75. The summed E-state index contributed by atoms with van der Waals surface area (Å²) in [5.41, 5.74) is 2.57. The summed E-state index contributed by atoms with van der Waals surface area (Å²) in [5.74, 6) is 0.901. The van der Waals surface area contributed by atoms with E-state index in [1.54, 1.807) is 17.7 Å². The fourth-order valence-electron chi connectivity index (χ4n) is 2.24. The Labute approximate surface area is 128 Å². The molecule has 0 saturated carbocycles. The number of rotatable bonds is 5. The molecule has 0 radical (unpaired) electrons. The Morgan fingerprint density at radius 3 is 2.57 bits per heavy atom. The normalized spacial score (nSPS) is 11.2. The molecule has 3 rings (SSSR count). The van der Waals surface area contributed by atoms with Crippen molar-refractivity contribution in [2.45, 2.75) is 13.1 Å². The van der Waals surface area contributed by atoms with Crippen LogP contribution < -0.4 is 5.32 Å². The molecule has 4 nitrogen and oxygen atoms in total. The maximum atomic E-state index is 4.33. The van der Waals surface area contributed by atoms with Crippen molar-refractivity contribution < 1.29 is 0 Å². The summed E-state index contributed by atoms with van der Waals surface area (Å²) in [7, 11) is 4.16. The minimum absolute atomic E-state index is 0.768. The number of fused-ring (bicyclic) bond motifs is 1. The molecule has 0 fully saturated rings. The van der Waals surface area contributed by atoms with E-state index in [1.807, 2.05) is 5.38 Å². The molecule has 0 saturated heterocycles. The van der Waals surface area contributed by atoms with Gasteiger partial charge in [0.05, 0.1) is 5.39 Å². The van der Waals surface area contributed by atoms with Gasteiger partial charge < -0.3 is 10.2 Å². The number of aromatic nitrogens is 2. The smallest absolute Gasteiger partial charge is 0.138 e. The molecule has 0 bridgehead atoms. The van der Waals surface area contributed by atoms with Crippen molar-refractivity contribution in [2.24, 2.45) is 0 Å². The molecule has 0 aliphatic carbocycles. The van der Waals surface area contributed by atoms with Crippen LogP contribution in [0.1, 0.15) is 11.1 Å². The summed E-state index contributed by atoms with van der Waals surface area (Å²) in [6.45, 7) is 1.74. The van der Waals surface area contributed by atoms with E-state index >= 15 is 0 Å². The second-order valence-electron chi connectivity index (χ2n) is 5.27. The maximum Gasteiger partial charge on any atom is 0.138 e. The van der Waals surface area contributed by atoms with E-state index in [4.69, 9.17) is 0 Å². The van der Waals surface area contributed by atoms with Crippen LogP contribution in [0.3, 0.4) is 0 Å². The Morgan fingerprint density at radius 1 is 1.05 bits per heavy atom. The average Bonchev–Trinajstić information content (AvgIpc) is 2.95. The Morgan fingerprint density at radius 2 is 1.81 bits per heavy atom. The van der Waals surface area contributed by atoms with E-state index < -0.39 is 0 Å². The van der Waals surface area contributed by atoms with Gasteiger partial charge in [-0.2, -0.15) is 0 Å². The van der Waals surface area contributed by atoms with Crippen LogP contribution in [-0.2, 0) is 13.1 Å². The minimum atomic E-state index is 0.768. The second-order valence-corrected chi connectivity index (χ2v) is 6.16. The molecular formula is C16H18N4S. The summed E-state index contributed by atoms with van der Waals surface area (Å²) in [6, 6.07) is 10.7. The summed E-state index contributed by atoms with van der Waals surface area (Å²) >= 11 is 1.63. The van der Waals surface area contributed by atoms with E-state index in [2.05, 4.69) is 64.6 Å². The first-order chi connectivity index (χ1) is 10.2. The molecule has 0 unspecified atom stereocenters. The van der Waals surface area contributed by atoms with Gasteiger partial charge in [0.2, 0.25) is 0 Å². The van der Waals surface area contributed by atoms with Gasteiger partial charge in [-0.05, 0) is 36.7 Å². The Hall–Kier alpha value is -1.98. The van der Waals surface area contributed by atoms with Gasteiger partial charge in [-0.3, -0.25) is 0 Å². The van der Waals surface area contributed by atoms with Crippen molar-refractivity contribution >= 4 is 27.4 Å². The minimum Gasteiger partial charge on any atom is -0.365 e. The third kappa shape index (κ3) is 3.37. The van der Waals surface area contributed by atoms with Crippen LogP contribution in [-0.4, -0.2) is 29.0 Å². The molecule has 0 atom stereocenters. The summed E-state index contributed by atoms with van der Waals surface area (Å²) in [5, 5.41) is 6.53. The molecule has 0 aliphatic rings. The van der Waals surface area contributed by atoms with Gasteiger partial charge in [0.25, 0.3) is 0 Å². The molecular weight excluding hydrogens is 280 g/mol. The number of thiophene rings is 1. The van der Waals surface area contributed by atoms with Crippen LogP contribution in [0.5, 0.6) is 0 Å². The standard InChI is InChI=1S/C16H18N4S/c1-20(2)10-13-5-3-12(4-6-13)9-17-15-14-7-8-21-16(14)19-11-18-15/h3-8,11H,9-10H2,1-2H3,(H,17,18,19). The van der Waals surface area contributed by atoms with Crippen molar-refractivity contribution in [2.75, 3.05) is 19.4 Å². The van der Waals surface area contributed by atoms with E-state index in [1.165, 1.54) is 11.1 Å². The number of nitrogens with zero attached hydrogens (tertiary/aromatic N) is 3. The van der Waals surface area contributed by atoms with Crippen molar-refractivity contribution in [3.05, 3.63) is 53.2 Å². The molecule has 3 aromatic rings. The zero-order valence-electron chi connectivity index (χ0n) is 12.2. The zero-order chi connectivity index (χ0) is 14.7. The first kappa shape index (κ1) is 14.0. The van der Waals surface area contributed by atoms with Crippen molar-refractivity contribution in [1.29, 1.82) is 0 Å². The van der Waals surface area contributed by atoms with Crippen LogP contribution in [0.25, 0.3) is 10.2 Å². The first-order valence-electron chi connectivity index (χ1n) is 6.87. The van der Waals surface area contributed by atoms with Gasteiger partial charge in [0.15, 0.2) is 0 Å². The van der Waals surface area contributed by atoms with E-state index in [0.717, 1.165) is 29.1 Å². The van der Waals surface area contributed by atoms with Crippen molar-refractivity contribution in [3.8, 4) is 0 Å². The third-order valence-electron chi connectivity index (χ3n) is 3.24. The number of hydrogen-bond donors (Lipinski definition) is 1. The molecule has 21 heavy (non-hydrogen) atoms. The van der Waals surface area contributed by atoms with Crippen LogP contribution >= 0.6 is 11.3 Å². The van der Waals surface area contributed by atoms with Crippen molar-refractivity contribution in [3.63, 3.8) is 0 Å². The fraction of sp³-hybridized carbons (Fsp3) is 0.250. The van der Waals surface area contributed by atoms with Gasteiger partial charge in [-0.1, -0.05) is 24.3 Å². The number of nitrogens with one attached hydrogen (secondary N) is 1. The van der Waals surface area contributed by atoms with Crippen LogP contribution in [0.15, 0.2) is 42.0 Å². The molecule has 0 spiro atoms. The Bertz CT molecular complexity index is 718. The predicted molar refractivity (Wildman–Crippen MR) is 88.6 cm³/mol. The number of anilines is 1.